The Bertz CT molecular complexity index is 167. The average molecular weight is 171 g/mol. The Kier molecular flexibility index (Phi) is 2.41. The summed E-state index contributed by atoms with van der Waals surface area (Å²) in [6.07, 6.45) is 0. The van der Waals surface area contributed by atoms with Crippen LogP contribution in [0.4, 0.5) is 0 Å². The third-order valence-corrected chi connectivity index (χ3v) is 2.36. The first-order valence-electron chi connectivity index (χ1n) is 3.18. The number of benzene rings is 1. The van der Waals surface area contributed by atoms with Crippen molar-refractivity contribution in [3.8, 4) is 0 Å². The van der Waals surface area contributed by atoms with Crippen molar-refractivity contribution >= 4 is 0 Å². The Balaban J connectivity index is 2.85. The molecule has 0 saturated carbocycles. The van der Waals surface area contributed by atoms with E-state index in [4.69, 9.17) is 0 Å². The van der Waals surface area contributed by atoms with Crippen LogP contribution in [-0.2, 0) is 18.3 Å². The molecule has 0 radical (unpaired) electrons. The quantitative estimate of drug-likeness (QED) is 0.568. The first-order valence-corrected chi connectivity index (χ1v) is 4.90. The van der Waals surface area contributed by atoms with Gasteiger partial charge in [-0.25, -0.2) is 0 Å². The molecule has 0 N–H and O–H groups in total. The van der Waals surface area contributed by atoms with E-state index in [-0.39, 0.29) is 0 Å². The second-order valence-electron chi connectivity index (χ2n) is 2.31. The average Bonchev–Trinajstić information content (AvgIpc) is 1.90. The summed E-state index contributed by atoms with van der Waals surface area (Å²) in [5, 5.41) is 0. The summed E-state index contributed by atoms with van der Waals surface area (Å²) in [4.78, 5) is 0. The summed E-state index contributed by atoms with van der Waals surface area (Å²) in [7, 11) is 0. The van der Waals surface area contributed by atoms with Crippen molar-refractivity contribution in [1.29, 1.82) is 0 Å². The van der Waals surface area contributed by atoms with Crippen LogP contribution in [0.2, 0.25) is 0 Å². The normalized spacial score (nSPS) is 13.2. The maximum absolute atomic E-state index is 2.26. The van der Waals surface area contributed by atoms with Crippen LogP contribution < -0.4 is 0 Å². The van der Waals surface area contributed by atoms with Crippen LogP contribution in [0, 0.1) is 0 Å². The molecule has 0 aliphatic carbocycles. The van der Waals surface area contributed by atoms with Crippen LogP contribution in [0.3, 0.4) is 0 Å². The van der Waals surface area contributed by atoms with Gasteiger partial charge >= 0.3 is 65.6 Å². The fourth-order valence-corrected chi connectivity index (χ4v) is 1.35. The fraction of sp³-hybridized carbons (Fsp3) is 0.250. The van der Waals surface area contributed by atoms with Crippen molar-refractivity contribution in [3.63, 3.8) is 0 Å². The van der Waals surface area contributed by atoms with Crippen LogP contribution in [0.25, 0.3) is 0 Å². The monoisotopic (exact) mass is 169 g/mol. The minimum atomic E-state index is 0.784. The fourth-order valence-electron chi connectivity index (χ4n) is 0.782. The van der Waals surface area contributed by atoms with Gasteiger partial charge in [-0.1, -0.05) is 0 Å². The van der Waals surface area contributed by atoms with Crippen molar-refractivity contribution in [3.05, 3.63) is 35.9 Å². The van der Waals surface area contributed by atoms with E-state index in [1.54, 1.807) is 0 Å². The molecule has 0 heterocycles. The summed E-state index contributed by atoms with van der Waals surface area (Å²) >= 11 is 1.35. The first kappa shape index (κ1) is 6.96. The van der Waals surface area contributed by atoms with Crippen molar-refractivity contribution in [2.45, 2.75) is 11.4 Å². The predicted molar refractivity (Wildman–Crippen MR) is 34.9 cm³/mol. The van der Waals surface area contributed by atoms with E-state index < -0.39 is 0 Å². The van der Waals surface area contributed by atoms with Gasteiger partial charge in [0.1, 0.15) is 0 Å². The molecule has 1 unspecified atom stereocenters. The van der Waals surface area contributed by atoms with E-state index in [9.17, 15) is 0 Å². The molecular formula is C8H9Zn. The van der Waals surface area contributed by atoms with Crippen LogP contribution >= 0.6 is 0 Å². The summed E-state index contributed by atoms with van der Waals surface area (Å²) in [5.41, 5.74) is 1.47. The molecule has 0 aromatic heterocycles. The van der Waals surface area contributed by atoms with Crippen molar-refractivity contribution in [2.24, 2.45) is 0 Å². The van der Waals surface area contributed by atoms with Crippen LogP contribution in [0.1, 0.15) is 17.0 Å². The van der Waals surface area contributed by atoms with E-state index in [1.165, 1.54) is 23.9 Å². The van der Waals surface area contributed by atoms with E-state index in [2.05, 4.69) is 37.3 Å². The molecule has 0 spiro atoms. The van der Waals surface area contributed by atoms with E-state index in [0.717, 1.165) is 4.51 Å². The van der Waals surface area contributed by atoms with Gasteiger partial charge < -0.3 is 0 Å². The molecule has 0 aliphatic rings. The van der Waals surface area contributed by atoms with Crippen molar-refractivity contribution in [1.82, 2.24) is 0 Å². The summed E-state index contributed by atoms with van der Waals surface area (Å²) in [6.45, 7) is 2.26. The Labute approximate surface area is 66.0 Å². The topological polar surface area (TPSA) is 0 Å². The van der Waals surface area contributed by atoms with Gasteiger partial charge in [-0.2, -0.15) is 0 Å². The third-order valence-electron chi connectivity index (χ3n) is 1.37. The van der Waals surface area contributed by atoms with E-state index >= 15 is 0 Å². The second kappa shape index (κ2) is 3.12. The van der Waals surface area contributed by atoms with Gasteiger partial charge in [0.05, 0.1) is 0 Å². The van der Waals surface area contributed by atoms with Gasteiger partial charge in [-0.05, 0) is 0 Å². The van der Waals surface area contributed by atoms with Crippen molar-refractivity contribution < 1.29 is 18.3 Å². The second-order valence-corrected chi connectivity index (χ2v) is 4.88. The number of hydrogen-bond acceptors (Lipinski definition) is 0. The Hall–Kier alpha value is -0.157. The first-order chi connectivity index (χ1) is 4.30. The zero-order chi connectivity index (χ0) is 6.69. The van der Waals surface area contributed by atoms with E-state index in [0.29, 0.717) is 0 Å². The van der Waals surface area contributed by atoms with Gasteiger partial charge in [-0.15, -0.1) is 0 Å². The Morgan fingerprint density at radius 1 is 1.22 bits per heavy atom. The molecule has 0 aliphatic heterocycles. The summed E-state index contributed by atoms with van der Waals surface area (Å²) in [5.74, 6) is 0. The maximum atomic E-state index is 2.26. The van der Waals surface area contributed by atoms with Crippen LogP contribution in [-0.4, -0.2) is 0 Å². The zero-order valence-electron chi connectivity index (χ0n) is 5.67. The Morgan fingerprint density at radius 3 is 2.11 bits per heavy atom. The van der Waals surface area contributed by atoms with Gasteiger partial charge in [0.2, 0.25) is 0 Å². The van der Waals surface area contributed by atoms with Crippen LogP contribution in [0.5, 0.6) is 0 Å². The summed E-state index contributed by atoms with van der Waals surface area (Å²) in [6, 6.07) is 10.6. The molecule has 0 nitrogen and oxygen atoms in total. The Morgan fingerprint density at radius 2 is 1.78 bits per heavy atom. The van der Waals surface area contributed by atoms with Crippen molar-refractivity contribution in [2.75, 3.05) is 0 Å². The molecule has 1 rings (SSSR count). The molecule has 0 amide bonds. The summed E-state index contributed by atoms with van der Waals surface area (Å²) < 4.78 is 0.784. The molecule has 1 aromatic carbocycles. The molecule has 1 heteroatoms. The zero-order valence-corrected chi connectivity index (χ0v) is 8.64. The van der Waals surface area contributed by atoms with Gasteiger partial charge in [0.25, 0.3) is 0 Å². The van der Waals surface area contributed by atoms with E-state index in [1.807, 2.05) is 0 Å². The molecule has 1 atom stereocenters. The van der Waals surface area contributed by atoms with Gasteiger partial charge in [0, 0.05) is 0 Å². The van der Waals surface area contributed by atoms with Gasteiger partial charge in [-0.3, -0.25) is 0 Å². The molecule has 0 bridgehead atoms. The molecule has 1 aromatic rings. The van der Waals surface area contributed by atoms with Gasteiger partial charge in [0.15, 0.2) is 0 Å². The van der Waals surface area contributed by atoms with Crippen LogP contribution in [0.15, 0.2) is 30.3 Å². The molecule has 0 saturated heterocycles. The third kappa shape index (κ3) is 1.91. The standard InChI is InChI=1S/C8H9.Zn/c1-2-8-6-4-3-5-7-8;/h2-7H,1H3;. The minimum absolute atomic E-state index is 0.784. The predicted octanol–water partition coefficient (Wildman–Crippen LogP) is 2.29. The molecular weight excluding hydrogens is 161 g/mol. The molecule has 0 fully saturated rings. The molecule has 9 heavy (non-hydrogen) atoms. The number of rotatable bonds is 1. The number of hydrogen-bond donors (Lipinski definition) is 0. The SMILES string of the molecule is C[CH]([Zn])c1ccccc1. The molecule has 43 valence electrons.